The number of carbonyl (C=O) groups is 2. The highest BCUT2D eigenvalue weighted by molar-refractivity contribution is 7.12. The summed E-state index contributed by atoms with van der Waals surface area (Å²) in [5, 5.41) is 9.23. The summed E-state index contributed by atoms with van der Waals surface area (Å²) < 4.78 is 0. The van der Waals surface area contributed by atoms with Crippen LogP contribution in [0.2, 0.25) is 5.15 Å². The zero-order chi connectivity index (χ0) is 12.4. The molecule has 1 atom stereocenters. The molecule has 1 aliphatic heterocycles. The van der Waals surface area contributed by atoms with Crippen LogP contribution < -0.4 is 0 Å². The molecule has 7 heteroatoms. The average Bonchev–Trinajstić information content (AvgIpc) is 2.74. The smallest absolute Gasteiger partial charge is 0.326 e. The Hall–Kier alpha value is -1.14. The van der Waals surface area contributed by atoms with Crippen LogP contribution in [0.1, 0.15) is 28.9 Å². The number of aliphatic carboxylic acids is 1. The molecule has 0 bridgehead atoms. The number of amides is 1. The summed E-state index contributed by atoms with van der Waals surface area (Å²) in [6, 6.07) is -0.741. The predicted octanol–water partition coefficient (Wildman–Crippen LogP) is 1.88. The summed E-state index contributed by atoms with van der Waals surface area (Å²) in [6.07, 6.45) is 2.15. The molecule has 1 aromatic rings. The van der Waals surface area contributed by atoms with E-state index in [9.17, 15) is 9.59 Å². The lowest BCUT2D eigenvalue weighted by molar-refractivity contribution is -0.143. The van der Waals surface area contributed by atoms with Crippen LogP contribution in [-0.4, -0.2) is 39.5 Å². The number of hydrogen-bond acceptors (Lipinski definition) is 4. The van der Waals surface area contributed by atoms with Gasteiger partial charge in [-0.2, -0.15) is 0 Å². The highest BCUT2D eigenvalue weighted by Crippen LogP contribution is 2.25. The number of likely N-dealkylation sites (tertiary alicyclic amines) is 1. The molecule has 5 nitrogen and oxygen atoms in total. The molecule has 1 aromatic heterocycles. The van der Waals surface area contributed by atoms with Crippen LogP contribution in [0.5, 0.6) is 0 Å². The van der Waals surface area contributed by atoms with Crippen molar-refractivity contribution in [1.29, 1.82) is 0 Å². The molecule has 0 saturated carbocycles. The maximum Gasteiger partial charge on any atom is 0.326 e. The Balaban J connectivity index is 2.23. The van der Waals surface area contributed by atoms with Crippen LogP contribution in [0, 0.1) is 0 Å². The Kier molecular flexibility index (Phi) is 3.63. The van der Waals surface area contributed by atoms with Crippen LogP contribution in [0.3, 0.4) is 0 Å². The molecule has 1 fully saturated rings. The van der Waals surface area contributed by atoms with Crippen molar-refractivity contribution in [3.8, 4) is 0 Å². The number of rotatable bonds is 2. The lowest BCUT2D eigenvalue weighted by atomic mass is 10.0. The van der Waals surface area contributed by atoms with E-state index in [1.54, 1.807) is 0 Å². The van der Waals surface area contributed by atoms with Gasteiger partial charge in [-0.05, 0) is 19.3 Å². The molecule has 0 radical (unpaired) electrons. The summed E-state index contributed by atoms with van der Waals surface area (Å²) in [4.78, 5) is 28.7. The minimum atomic E-state index is -0.960. The lowest BCUT2D eigenvalue weighted by Crippen LogP contribution is -2.47. The van der Waals surface area contributed by atoms with Crippen LogP contribution in [0.25, 0.3) is 0 Å². The molecular weight excluding hydrogens is 264 g/mol. The summed E-state index contributed by atoms with van der Waals surface area (Å²) in [7, 11) is 0. The number of piperidine rings is 1. The van der Waals surface area contributed by atoms with Gasteiger partial charge in [0, 0.05) is 6.54 Å². The quantitative estimate of drug-likeness (QED) is 0.894. The molecule has 17 heavy (non-hydrogen) atoms. The molecule has 1 N–H and O–H groups in total. The topological polar surface area (TPSA) is 70.5 Å². The number of aromatic nitrogens is 1. The number of hydrogen-bond donors (Lipinski definition) is 1. The van der Waals surface area contributed by atoms with Crippen molar-refractivity contribution in [3.05, 3.63) is 15.5 Å². The standard InChI is InChI=1S/C10H11ClN2O3S/c11-8-7(17-5-12-8)9(14)13-4-2-1-3-6(13)10(15)16/h5-6H,1-4H2,(H,15,16)/t6-/m1/s1. The van der Waals surface area contributed by atoms with Gasteiger partial charge in [0.1, 0.15) is 10.9 Å². The van der Waals surface area contributed by atoms with E-state index in [0.29, 0.717) is 17.8 Å². The van der Waals surface area contributed by atoms with Crippen LogP contribution in [0.15, 0.2) is 5.51 Å². The summed E-state index contributed by atoms with van der Waals surface area (Å²) in [5.74, 6) is -1.29. The number of carboxylic acid groups (broad SMARTS) is 1. The molecule has 0 aromatic carbocycles. The van der Waals surface area contributed by atoms with Gasteiger partial charge in [-0.1, -0.05) is 11.6 Å². The highest BCUT2D eigenvalue weighted by Gasteiger charge is 2.33. The second-order valence-corrected chi connectivity index (χ2v) is 5.03. The highest BCUT2D eigenvalue weighted by atomic mass is 35.5. The summed E-state index contributed by atoms with van der Waals surface area (Å²) >= 11 is 6.92. The zero-order valence-electron chi connectivity index (χ0n) is 8.93. The van der Waals surface area contributed by atoms with Crippen molar-refractivity contribution in [2.24, 2.45) is 0 Å². The maximum atomic E-state index is 12.1. The Morgan fingerprint density at radius 3 is 2.88 bits per heavy atom. The first-order chi connectivity index (χ1) is 8.11. The molecular formula is C10H11ClN2O3S. The fourth-order valence-electron chi connectivity index (χ4n) is 1.93. The van der Waals surface area contributed by atoms with E-state index >= 15 is 0 Å². The summed E-state index contributed by atoms with van der Waals surface area (Å²) in [5.41, 5.74) is 1.48. The third kappa shape index (κ3) is 2.42. The number of carbonyl (C=O) groups excluding carboxylic acids is 1. The average molecular weight is 275 g/mol. The van der Waals surface area contributed by atoms with Gasteiger partial charge in [0.25, 0.3) is 5.91 Å². The first-order valence-electron chi connectivity index (χ1n) is 5.24. The van der Waals surface area contributed by atoms with Crippen molar-refractivity contribution in [3.63, 3.8) is 0 Å². The summed E-state index contributed by atoms with van der Waals surface area (Å²) in [6.45, 7) is 0.462. The number of halogens is 1. The van der Waals surface area contributed by atoms with Gasteiger partial charge in [0.05, 0.1) is 5.51 Å². The maximum absolute atomic E-state index is 12.1. The van der Waals surface area contributed by atoms with E-state index in [1.807, 2.05) is 0 Å². The largest absolute Gasteiger partial charge is 0.480 e. The Bertz CT molecular complexity index is 449. The zero-order valence-corrected chi connectivity index (χ0v) is 10.5. The van der Waals surface area contributed by atoms with Crippen LogP contribution in [-0.2, 0) is 4.79 Å². The predicted molar refractivity (Wildman–Crippen MR) is 63.4 cm³/mol. The van der Waals surface area contributed by atoms with E-state index in [-0.39, 0.29) is 11.1 Å². The Morgan fingerprint density at radius 2 is 2.29 bits per heavy atom. The van der Waals surface area contributed by atoms with Gasteiger partial charge in [0.2, 0.25) is 0 Å². The lowest BCUT2D eigenvalue weighted by Gasteiger charge is -2.32. The molecule has 1 amide bonds. The molecule has 2 rings (SSSR count). The fourth-order valence-corrected chi connectivity index (χ4v) is 2.89. The van der Waals surface area contributed by atoms with Crippen LogP contribution >= 0.6 is 22.9 Å². The van der Waals surface area contributed by atoms with E-state index < -0.39 is 12.0 Å². The van der Waals surface area contributed by atoms with Gasteiger partial charge in [-0.25, -0.2) is 9.78 Å². The second kappa shape index (κ2) is 5.01. The van der Waals surface area contributed by atoms with Crippen molar-refractivity contribution < 1.29 is 14.7 Å². The Morgan fingerprint density at radius 1 is 1.53 bits per heavy atom. The Labute approximate surface area is 107 Å². The van der Waals surface area contributed by atoms with Crippen LogP contribution in [0.4, 0.5) is 0 Å². The van der Waals surface area contributed by atoms with Crippen molar-refractivity contribution >= 4 is 34.8 Å². The molecule has 2 heterocycles. The minimum absolute atomic E-state index is 0.148. The van der Waals surface area contributed by atoms with Crippen molar-refractivity contribution in [2.75, 3.05) is 6.54 Å². The first kappa shape index (κ1) is 12.3. The van der Waals surface area contributed by atoms with Gasteiger partial charge in [0.15, 0.2) is 5.15 Å². The van der Waals surface area contributed by atoms with E-state index in [1.165, 1.54) is 10.4 Å². The van der Waals surface area contributed by atoms with Gasteiger partial charge in [-0.15, -0.1) is 11.3 Å². The first-order valence-corrected chi connectivity index (χ1v) is 6.50. The van der Waals surface area contributed by atoms with Crippen molar-refractivity contribution in [2.45, 2.75) is 25.3 Å². The minimum Gasteiger partial charge on any atom is -0.480 e. The van der Waals surface area contributed by atoms with Gasteiger partial charge < -0.3 is 10.0 Å². The third-order valence-electron chi connectivity index (χ3n) is 2.77. The molecule has 1 aliphatic rings. The van der Waals surface area contributed by atoms with Gasteiger partial charge in [-0.3, -0.25) is 4.79 Å². The normalized spacial score (nSPS) is 20.3. The van der Waals surface area contributed by atoms with E-state index in [0.717, 1.165) is 24.2 Å². The second-order valence-electron chi connectivity index (χ2n) is 3.82. The van der Waals surface area contributed by atoms with Gasteiger partial charge >= 0.3 is 5.97 Å². The monoisotopic (exact) mass is 274 g/mol. The molecule has 0 aliphatic carbocycles. The molecule has 0 unspecified atom stereocenters. The van der Waals surface area contributed by atoms with E-state index in [4.69, 9.17) is 16.7 Å². The molecule has 0 spiro atoms. The number of thiazole rings is 1. The third-order valence-corrected chi connectivity index (χ3v) is 3.98. The SMILES string of the molecule is O=C(O)[C@H]1CCCCN1C(=O)c1scnc1Cl. The van der Waals surface area contributed by atoms with Crippen molar-refractivity contribution in [1.82, 2.24) is 9.88 Å². The molecule has 1 saturated heterocycles. The number of nitrogens with zero attached hydrogens (tertiary/aromatic N) is 2. The molecule has 92 valence electrons. The van der Waals surface area contributed by atoms with E-state index in [2.05, 4.69) is 4.98 Å². The fraction of sp³-hybridized carbons (Fsp3) is 0.500. The number of carboxylic acids is 1.